The van der Waals surface area contributed by atoms with E-state index < -0.39 is 0 Å². The Hall–Kier alpha value is -2.02. The smallest absolute Gasteiger partial charge is 0.0809 e. The standard InChI is InChI=1S/2C9H7.C6H5.2C4H9.CH3.Si.Zr/c2*1-2-5-9-7-3-6-8(9)4-1;1-2-4-6-5-3-1;2*1-3-4-2;;;/h2*1-7H;1-5H;2*1,3-4H2,2H3;1H3;;/q6*-1;;. The second-order valence-corrected chi connectivity index (χ2v) is 7.09. The molecule has 5 aromatic rings. The molecule has 35 heavy (non-hydrogen) atoms. The molecule has 0 saturated heterocycles. The zero-order valence-corrected chi connectivity index (χ0v) is 25.2. The van der Waals surface area contributed by atoms with Gasteiger partial charge in [0.1, 0.15) is 0 Å². The first-order valence-corrected chi connectivity index (χ1v) is 15.9. The molecular formula is C33H40SiZr-6. The Morgan fingerprint density at radius 3 is 1.29 bits per heavy atom. The average Bonchev–Trinajstić information content (AvgIpc) is 3.61. The Kier molecular flexibility index (Phi) is 26.7. The van der Waals surface area contributed by atoms with Gasteiger partial charge in [0, 0.05) is 0 Å². The van der Waals surface area contributed by atoms with Gasteiger partial charge in [-0.1, -0.05) is 38.8 Å². The summed E-state index contributed by atoms with van der Waals surface area (Å²) < 4.78 is 0. The van der Waals surface area contributed by atoms with Crippen molar-refractivity contribution in [2.45, 2.75) is 39.5 Å². The molecule has 0 unspecified atom stereocenters. The van der Waals surface area contributed by atoms with Crippen molar-refractivity contribution in [3.63, 3.8) is 0 Å². The van der Waals surface area contributed by atoms with Crippen LogP contribution in [-0.2, 0) is 23.3 Å². The molecule has 5 aromatic carbocycles. The summed E-state index contributed by atoms with van der Waals surface area (Å²) in [5.41, 5.74) is 0. The maximum absolute atomic E-state index is 3.60. The van der Waals surface area contributed by atoms with Crippen molar-refractivity contribution in [3.8, 4) is 0 Å². The van der Waals surface area contributed by atoms with E-state index in [1.165, 1.54) is 57.7 Å². The monoisotopic (exact) mass is 554 g/mol. The van der Waals surface area contributed by atoms with Gasteiger partial charge in [0.15, 0.2) is 0 Å². The van der Waals surface area contributed by atoms with Crippen molar-refractivity contribution >= 4 is 28.4 Å². The summed E-state index contributed by atoms with van der Waals surface area (Å²) >= 11 is 1.36. The summed E-state index contributed by atoms with van der Waals surface area (Å²) in [5, 5.41) is 5.32. The van der Waals surface area contributed by atoms with Crippen molar-refractivity contribution in [1.29, 1.82) is 0 Å². The Balaban J connectivity index is 0. The fourth-order valence-electron chi connectivity index (χ4n) is 2.48. The van der Waals surface area contributed by atoms with Crippen LogP contribution >= 0.6 is 0 Å². The summed E-state index contributed by atoms with van der Waals surface area (Å²) in [4.78, 5) is 0. The largest absolute Gasteiger partial charge is 0.184 e. The fourth-order valence-corrected chi connectivity index (χ4v) is 2.48. The summed E-state index contributed by atoms with van der Waals surface area (Å²) in [7, 11) is 0. The molecule has 2 radical (unpaired) electrons. The minimum Gasteiger partial charge on any atom is -0.184 e. The molecule has 0 aliphatic heterocycles. The van der Waals surface area contributed by atoms with Crippen molar-refractivity contribution in [2.24, 2.45) is 0 Å². The molecule has 0 bridgehead atoms. The van der Waals surface area contributed by atoms with Gasteiger partial charge in [-0.05, 0) is 0 Å². The first-order valence-electron chi connectivity index (χ1n) is 11.7. The quantitative estimate of drug-likeness (QED) is 0.150. The van der Waals surface area contributed by atoms with Crippen LogP contribution in [0.4, 0.5) is 0 Å². The van der Waals surface area contributed by atoms with Gasteiger partial charge < -0.3 is 21.3 Å². The second-order valence-electron chi connectivity index (χ2n) is 7.09. The molecule has 0 aromatic heterocycles. The van der Waals surface area contributed by atoms with Crippen LogP contribution in [0.5, 0.6) is 0 Å². The van der Waals surface area contributed by atoms with Crippen molar-refractivity contribution in [1.82, 2.24) is 0 Å². The van der Waals surface area contributed by atoms with E-state index in [9.17, 15) is 0 Å². The maximum Gasteiger partial charge on any atom is -0.0809 e. The van der Waals surface area contributed by atoms with E-state index in [0.29, 0.717) is 0 Å². The van der Waals surface area contributed by atoms with Crippen LogP contribution in [0.25, 0.3) is 21.5 Å². The predicted octanol–water partition coefficient (Wildman–Crippen LogP) is 9.91. The van der Waals surface area contributed by atoms with E-state index in [4.69, 9.17) is 0 Å². The Labute approximate surface area is 232 Å². The van der Waals surface area contributed by atoms with Gasteiger partial charge in [-0.2, -0.15) is 84.3 Å². The van der Waals surface area contributed by atoms with Crippen LogP contribution in [0.15, 0.2) is 115 Å². The molecule has 0 atom stereocenters. The fraction of sp³-hybridized carbons (Fsp3) is 0.182. The van der Waals surface area contributed by atoms with Gasteiger partial charge in [0.2, 0.25) is 0 Å². The molecule has 0 aliphatic rings. The van der Waals surface area contributed by atoms with E-state index in [1.54, 1.807) is 0 Å². The van der Waals surface area contributed by atoms with Crippen LogP contribution < -0.4 is 0 Å². The van der Waals surface area contributed by atoms with Crippen LogP contribution in [0, 0.1) is 27.3 Å². The molecule has 0 aliphatic carbocycles. The third-order valence-corrected chi connectivity index (χ3v) is 4.41. The minimum atomic E-state index is 0. The van der Waals surface area contributed by atoms with Gasteiger partial charge in [-0.15, -0.1) is 59.3 Å². The molecule has 0 fully saturated rings. The third-order valence-electron chi connectivity index (χ3n) is 4.41. The second kappa shape index (κ2) is 26.6. The van der Waals surface area contributed by atoms with Crippen LogP contribution in [0.1, 0.15) is 39.5 Å². The van der Waals surface area contributed by atoms with E-state index >= 15 is 0 Å². The van der Waals surface area contributed by atoms with Crippen molar-refractivity contribution < 1.29 is 23.3 Å². The average molecular weight is 556 g/mol. The molecule has 186 valence electrons. The van der Waals surface area contributed by atoms with Crippen LogP contribution in [0.2, 0.25) is 0 Å². The summed E-state index contributed by atoms with van der Waals surface area (Å²) in [5.74, 6) is 0. The SMILES string of the molecule is [CH2-]CCC.[CH2-]CCC.[CH3-].[Si]=[Zr].[c-]1ccccc1.c1ccc2[cH-]ccc2c1.c1ccc2[cH-]ccc2c1. The summed E-state index contributed by atoms with van der Waals surface area (Å²) in [6.07, 6.45) is 4.56. The van der Waals surface area contributed by atoms with Gasteiger partial charge in [0.25, 0.3) is 0 Å². The van der Waals surface area contributed by atoms with E-state index in [1.807, 2.05) is 30.3 Å². The minimum absolute atomic E-state index is 0. The Morgan fingerprint density at radius 2 is 1.03 bits per heavy atom. The number of benzene rings is 3. The summed E-state index contributed by atoms with van der Waals surface area (Å²) in [6, 6.07) is 41.8. The topological polar surface area (TPSA) is 0 Å². The molecule has 0 spiro atoms. The molecule has 0 saturated carbocycles. The molecule has 0 nitrogen and oxygen atoms in total. The Bertz CT molecular complexity index is 885. The van der Waals surface area contributed by atoms with Crippen molar-refractivity contribution in [3.05, 3.63) is 143 Å². The number of hydrogen-bond acceptors (Lipinski definition) is 0. The zero-order chi connectivity index (χ0) is 25.3. The van der Waals surface area contributed by atoms with Crippen LogP contribution in [-0.4, -0.2) is 6.88 Å². The van der Waals surface area contributed by atoms with E-state index in [0.717, 1.165) is 12.8 Å². The third kappa shape index (κ3) is 18.0. The van der Waals surface area contributed by atoms with Crippen LogP contribution in [0.3, 0.4) is 0 Å². The summed E-state index contributed by atoms with van der Waals surface area (Å²) in [6.45, 7) is 14.5. The molecule has 5 rings (SSSR count). The number of hydrogen-bond donors (Lipinski definition) is 0. The Morgan fingerprint density at radius 1 is 0.657 bits per heavy atom. The van der Waals surface area contributed by atoms with Gasteiger partial charge in [-0.3, -0.25) is 0 Å². The number of fused-ring (bicyclic) bond motifs is 2. The predicted molar refractivity (Wildman–Crippen MR) is 157 cm³/mol. The maximum atomic E-state index is 3.60. The molecular weight excluding hydrogens is 516 g/mol. The van der Waals surface area contributed by atoms with E-state index in [2.05, 4.69) is 126 Å². The first kappa shape index (κ1) is 35.1. The van der Waals surface area contributed by atoms with E-state index in [-0.39, 0.29) is 7.43 Å². The molecule has 0 amide bonds. The first-order chi connectivity index (χ1) is 16.8. The normalized spacial score (nSPS) is 8.43. The van der Waals surface area contributed by atoms with Gasteiger partial charge >= 0.3 is 30.2 Å². The number of unbranched alkanes of at least 4 members (excludes halogenated alkanes) is 2. The molecule has 0 heterocycles. The zero-order valence-electron chi connectivity index (χ0n) is 21.7. The number of rotatable bonds is 2. The molecule has 0 N–H and O–H groups in total. The molecule has 2 heteroatoms. The van der Waals surface area contributed by atoms with Gasteiger partial charge in [0.05, 0.1) is 0 Å². The van der Waals surface area contributed by atoms with Gasteiger partial charge in [-0.25, -0.2) is 0 Å². The van der Waals surface area contributed by atoms with Crippen molar-refractivity contribution in [2.75, 3.05) is 0 Å².